The van der Waals surface area contributed by atoms with Crippen molar-refractivity contribution >= 4 is 11.9 Å². The van der Waals surface area contributed by atoms with E-state index in [9.17, 15) is 27.9 Å². The summed E-state index contributed by atoms with van der Waals surface area (Å²) < 4.78 is 50.0. The van der Waals surface area contributed by atoms with Gasteiger partial charge in [-0.1, -0.05) is 30.4 Å². The molecule has 1 amide bonds. The summed E-state index contributed by atoms with van der Waals surface area (Å²) in [6.07, 6.45) is -1.00. The molecule has 0 spiro atoms. The monoisotopic (exact) mass is 503 g/mol. The molecule has 0 aromatic heterocycles. The van der Waals surface area contributed by atoms with E-state index in [0.717, 1.165) is 11.6 Å². The predicted octanol–water partition coefficient (Wildman–Crippen LogP) is 6.05. The molecule has 2 aromatic carbocycles. The van der Waals surface area contributed by atoms with Gasteiger partial charge in [0.1, 0.15) is 17.2 Å². The number of hydrogen-bond donors (Lipinski definition) is 1. The normalized spacial score (nSPS) is 15.8. The number of aliphatic carboxylic acids is 1. The maximum Gasteiger partial charge on any atom is 0.395 e. The number of hydrogen-bond acceptors (Lipinski definition) is 4. The average Bonchev–Trinajstić information content (AvgIpc) is 2.80. The number of nitrogens with zero attached hydrogens (tertiary/aromatic N) is 1. The van der Waals surface area contributed by atoms with Crippen LogP contribution in [0, 0.1) is 12.8 Å². The Morgan fingerprint density at radius 2 is 1.81 bits per heavy atom. The standard InChI is InChI=1S/C27H28F3NO5/c1-17-14-22(12-13-23(17)36-26(2,3)25(33)34)35-21-7-5-6-18(15-21)16-31(4)24(32)19-8-10-20(11-9-19)27(28,29)30/h5-10,12-15,20H,11,16H2,1-4H3,(H,33,34). The van der Waals surface area contributed by atoms with Crippen LogP contribution >= 0.6 is 0 Å². The largest absolute Gasteiger partial charge is 0.478 e. The van der Waals surface area contributed by atoms with Gasteiger partial charge in [0, 0.05) is 19.2 Å². The number of allylic oxidation sites excluding steroid dienone is 2. The molecule has 0 saturated heterocycles. The topological polar surface area (TPSA) is 76.1 Å². The average molecular weight is 504 g/mol. The number of rotatable bonds is 8. The van der Waals surface area contributed by atoms with Crippen molar-refractivity contribution in [2.45, 2.75) is 45.5 Å². The SMILES string of the molecule is Cc1cc(Oc2cccc(CN(C)C(=O)C3=CCC(C(F)(F)F)C=C3)c2)ccc1OC(C)(C)C(=O)O. The third-order valence-electron chi connectivity index (χ3n) is 5.69. The third-order valence-corrected chi connectivity index (χ3v) is 5.69. The minimum Gasteiger partial charge on any atom is -0.478 e. The summed E-state index contributed by atoms with van der Waals surface area (Å²) in [5, 5.41) is 9.26. The molecule has 1 atom stereocenters. The summed E-state index contributed by atoms with van der Waals surface area (Å²) in [4.78, 5) is 25.4. The van der Waals surface area contributed by atoms with E-state index in [-0.39, 0.29) is 24.4 Å². The van der Waals surface area contributed by atoms with Gasteiger partial charge in [-0.25, -0.2) is 4.79 Å². The molecule has 36 heavy (non-hydrogen) atoms. The molecule has 1 aliphatic carbocycles. The number of benzene rings is 2. The molecule has 0 radical (unpaired) electrons. The van der Waals surface area contributed by atoms with Crippen molar-refractivity contribution in [1.29, 1.82) is 0 Å². The lowest BCUT2D eigenvalue weighted by atomic mass is 9.95. The van der Waals surface area contributed by atoms with Crippen LogP contribution in [0.2, 0.25) is 0 Å². The Morgan fingerprint density at radius 1 is 1.11 bits per heavy atom. The second-order valence-electron chi connectivity index (χ2n) is 9.16. The van der Waals surface area contributed by atoms with Crippen LogP contribution in [0.4, 0.5) is 13.2 Å². The van der Waals surface area contributed by atoms with Gasteiger partial charge in [-0.3, -0.25) is 4.79 Å². The molecule has 3 rings (SSSR count). The fraction of sp³-hybridized carbons (Fsp3) is 0.333. The van der Waals surface area contributed by atoms with E-state index in [4.69, 9.17) is 9.47 Å². The van der Waals surface area contributed by atoms with E-state index in [1.54, 1.807) is 50.4 Å². The van der Waals surface area contributed by atoms with Gasteiger partial charge in [-0.05, 0) is 68.7 Å². The Labute approximate surface area is 207 Å². The minimum atomic E-state index is -4.32. The zero-order valence-corrected chi connectivity index (χ0v) is 20.4. The molecule has 1 aliphatic rings. The van der Waals surface area contributed by atoms with Crippen LogP contribution in [-0.2, 0) is 16.1 Å². The molecule has 6 nitrogen and oxygen atoms in total. The van der Waals surface area contributed by atoms with Crippen LogP contribution in [0.15, 0.2) is 66.3 Å². The van der Waals surface area contributed by atoms with Crippen LogP contribution < -0.4 is 9.47 Å². The molecule has 0 heterocycles. The molecular weight excluding hydrogens is 475 g/mol. The minimum absolute atomic E-state index is 0.231. The van der Waals surface area contributed by atoms with Crippen LogP contribution in [-0.4, -0.2) is 40.7 Å². The lowest BCUT2D eigenvalue weighted by molar-refractivity contribution is -0.160. The summed E-state index contributed by atoms with van der Waals surface area (Å²) in [6.45, 7) is 4.95. The van der Waals surface area contributed by atoms with E-state index in [0.29, 0.717) is 22.8 Å². The van der Waals surface area contributed by atoms with Crippen LogP contribution in [0.25, 0.3) is 0 Å². The summed E-state index contributed by atoms with van der Waals surface area (Å²) in [5.74, 6) is -1.54. The lowest BCUT2D eigenvalue weighted by Gasteiger charge is -2.23. The first-order valence-electron chi connectivity index (χ1n) is 11.3. The smallest absolute Gasteiger partial charge is 0.395 e. The Balaban J connectivity index is 1.64. The van der Waals surface area contributed by atoms with E-state index < -0.39 is 23.7 Å². The van der Waals surface area contributed by atoms with Crippen molar-refractivity contribution in [1.82, 2.24) is 4.90 Å². The van der Waals surface area contributed by atoms with Gasteiger partial charge < -0.3 is 19.5 Å². The number of amides is 1. The molecule has 9 heteroatoms. The summed E-state index contributed by atoms with van der Waals surface area (Å²) in [5.41, 5.74) is 0.324. The lowest BCUT2D eigenvalue weighted by Crippen LogP contribution is -2.38. The van der Waals surface area contributed by atoms with Gasteiger partial charge in [0.05, 0.1) is 5.92 Å². The Bertz CT molecular complexity index is 1200. The van der Waals surface area contributed by atoms with E-state index >= 15 is 0 Å². The van der Waals surface area contributed by atoms with Gasteiger partial charge >= 0.3 is 12.1 Å². The first-order chi connectivity index (χ1) is 16.8. The first-order valence-corrected chi connectivity index (χ1v) is 11.3. The number of carbonyl (C=O) groups excluding carboxylic acids is 1. The Hall–Kier alpha value is -3.75. The number of carbonyl (C=O) groups is 2. The summed E-state index contributed by atoms with van der Waals surface area (Å²) in [7, 11) is 1.58. The number of ether oxygens (including phenoxy) is 2. The highest BCUT2D eigenvalue weighted by Gasteiger charge is 2.38. The second kappa shape index (κ2) is 10.5. The van der Waals surface area contributed by atoms with Crippen LogP contribution in [0.1, 0.15) is 31.4 Å². The number of aryl methyl sites for hydroxylation is 1. The molecular formula is C27H28F3NO5. The number of carboxylic acid groups (broad SMARTS) is 1. The predicted molar refractivity (Wildman–Crippen MR) is 128 cm³/mol. The molecule has 1 N–H and O–H groups in total. The summed E-state index contributed by atoms with van der Waals surface area (Å²) >= 11 is 0. The molecule has 1 unspecified atom stereocenters. The fourth-order valence-electron chi connectivity index (χ4n) is 3.55. The van der Waals surface area contributed by atoms with Crippen LogP contribution in [0.5, 0.6) is 17.2 Å². The molecule has 0 saturated carbocycles. The van der Waals surface area contributed by atoms with Gasteiger partial charge in [0.2, 0.25) is 0 Å². The molecule has 0 aliphatic heterocycles. The Kier molecular flexibility index (Phi) is 7.81. The Morgan fingerprint density at radius 3 is 2.39 bits per heavy atom. The zero-order valence-electron chi connectivity index (χ0n) is 20.4. The van der Waals surface area contributed by atoms with E-state index in [2.05, 4.69) is 0 Å². The van der Waals surface area contributed by atoms with Crippen LogP contribution in [0.3, 0.4) is 0 Å². The molecule has 192 valence electrons. The summed E-state index contributed by atoms with van der Waals surface area (Å²) in [6, 6.07) is 12.1. The number of carboxylic acids is 1. The van der Waals surface area contributed by atoms with E-state index in [1.165, 1.54) is 30.9 Å². The quantitative estimate of drug-likeness (QED) is 0.475. The second-order valence-corrected chi connectivity index (χ2v) is 9.16. The van der Waals surface area contributed by atoms with Crippen molar-refractivity contribution in [2.24, 2.45) is 5.92 Å². The van der Waals surface area contributed by atoms with E-state index in [1.807, 2.05) is 6.07 Å². The molecule has 0 fully saturated rings. The zero-order chi connectivity index (χ0) is 26.7. The maximum absolute atomic E-state index is 12.8. The van der Waals surface area contributed by atoms with Crippen molar-refractivity contribution in [3.05, 3.63) is 77.4 Å². The highest BCUT2D eigenvalue weighted by Crippen LogP contribution is 2.34. The number of likely N-dealkylation sites (N-methyl/N-ethyl adjacent to an activating group) is 1. The third kappa shape index (κ3) is 6.68. The maximum atomic E-state index is 12.8. The van der Waals surface area contributed by atoms with Crippen molar-refractivity contribution in [2.75, 3.05) is 7.05 Å². The van der Waals surface area contributed by atoms with Gasteiger partial charge in [-0.15, -0.1) is 0 Å². The number of alkyl halides is 3. The van der Waals surface area contributed by atoms with Crippen molar-refractivity contribution in [3.8, 4) is 17.2 Å². The number of halogens is 3. The highest BCUT2D eigenvalue weighted by atomic mass is 19.4. The van der Waals surface area contributed by atoms with Gasteiger partial charge in [-0.2, -0.15) is 13.2 Å². The molecule has 2 aromatic rings. The van der Waals surface area contributed by atoms with Gasteiger partial charge in [0.25, 0.3) is 5.91 Å². The molecule has 0 bridgehead atoms. The fourth-order valence-corrected chi connectivity index (χ4v) is 3.55. The van der Waals surface area contributed by atoms with Gasteiger partial charge in [0.15, 0.2) is 5.60 Å². The highest BCUT2D eigenvalue weighted by molar-refractivity contribution is 5.96. The van der Waals surface area contributed by atoms with Crippen molar-refractivity contribution in [3.63, 3.8) is 0 Å². The van der Waals surface area contributed by atoms with Crippen molar-refractivity contribution < 1.29 is 37.3 Å². The first kappa shape index (κ1) is 26.8.